The van der Waals surface area contributed by atoms with Gasteiger partial charge in [-0.2, -0.15) is 0 Å². The van der Waals surface area contributed by atoms with Crippen LogP contribution in [-0.2, 0) is 4.74 Å². The largest absolute Gasteiger partial charge is 0.383 e. The van der Waals surface area contributed by atoms with Crippen molar-refractivity contribution >= 4 is 17.3 Å². The molecule has 0 aliphatic heterocycles. The molecule has 0 aromatic carbocycles. The molecule has 0 unspecified atom stereocenters. The van der Waals surface area contributed by atoms with E-state index in [9.17, 15) is 0 Å². The molecule has 1 fully saturated rings. The van der Waals surface area contributed by atoms with Crippen LogP contribution in [-0.4, -0.2) is 42.9 Å². The van der Waals surface area contributed by atoms with Gasteiger partial charge in [0, 0.05) is 26.2 Å². The van der Waals surface area contributed by atoms with E-state index in [1.54, 1.807) is 7.11 Å². The lowest BCUT2D eigenvalue weighted by molar-refractivity contribution is 0.173. The summed E-state index contributed by atoms with van der Waals surface area (Å²) in [5, 5.41) is 4.21. The van der Waals surface area contributed by atoms with Crippen LogP contribution in [0.2, 0.25) is 0 Å². The molecule has 0 amide bonds. The van der Waals surface area contributed by atoms with E-state index in [0.29, 0.717) is 12.0 Å². The summed E-state index contributed by atoms with van der Waals surface area (Å²) in [4.78, 5) is 2.27. The smallest absolute Gasteiger partial charge is 0.169 e. The van der Waals surface area contributed by atoms with Gasteiger partial charge in [-0.1, -0.05) is 13.8 Å². The van der Waals surface area contributed by atoms with E-state index in [0.717, 1.165) is 24.8 Å². The second-order valence-electron chi connectivity index (χ2n) is 4.50. The highest BCUT2D eigenvalue weighted by Gasteiger charge is 2.30. The van der Waals surface area contributed by atoms with E-state index in [2.05, 4.69) is 24.1 Å². The standard InChI is InChI=1S/C11H22N2OS/c1-9(2)8-12-11(15)13(6-7-14-3)10-4-5-10/h9-10H,4-8H2,1-3H3,(H,12,15). The van der Waals surface area contributed by atoms with Crippen LogP contribution in [0.25, 0.3) is 0 Å². The second-order valence-corrected chi connectivity index (χ2v) is 4.88. The first-order valence-electron chi connectivity index (χ1n) is 5.68. The molecule has 0 aromatic rings. The van der Waals surface area contributed by atoms with Crippen LogP contribution in [0.3, 0.4) is 0 Å². The predicted octanol–water partition coefficient (Wildman–Crippen LogP) is 1.63. The normalized spacial score (nSPS) is 15.5. The summed E-state index contributed by atoms with van der Waals surface area (Å²) in [5.41, 5.74) is 0. The Bertz CT molecular complexity index is 205. The molecule has 0 heterocycles. The molecule has 0 radical (unpaired) electrons. The molecule has 1 rings (SSSR count). The van der Waals surface area contributed by atoms with Crippen molar-refractivity contribution in [2.75, 3.05) is 26.8 Å². The summed E-state index contributed by atoms with van der Waals surface area (Å²) in [6.07, 6.45) is 2.54. The fourth-order valence-electron chi connectivity index (χ4n) is 1.42. The average molecular weight is 230 g/mol. The minimum atomic E-state index is 0.631. The molecular formula is C11H22N2OS. The van der Waals surface area contributed by atoms with Crippen molar-refractivity contribution in [1.29, 1.82) is 0 Å². The Hall–Kier alpha value is -0.350. The summed E-state index contributed by atoms with van der Waals surface area (Å²) in [5.74, 6) is 0.631. The van der Waals surface area contributed by atoms with E-state index in [1.165, 1.54) is 12.8 Å². The van der Waals surface area contributed by atoms with Crippen molar-refractivity contribution in [3.63, 3.8) is 0 Å². The number of nitrogens with one attached hydrogen (secondary N) is 1. The van der Waals surface area contributed by atoms with Crippen molar-refractivity contribution in [1.82, 2.24) is 10.2 Å². The minimum absolute atomic E-state index is 0.631. The van der Waals surface area contributed by atoms with Crippen LogP contribution >= 0.6 is 12.2 Å². The summed E-state index contributed by atoms with van der Waals surface area (Å²) in [7, 11) is 1.73. The molecule has 0 aromatic heterocycles. The Kier molecular flexibility index (Phi) is 5.32. The highest BCUT2D eigenvalue weighted by Crippen LogP contribution is 2.26. The van der Waals surface area contributed by atoms with Crippen molar-refractivity contribution in [2.45, 2.75) is 32.7 Å². The van der Waals surface area contributed by atoms with Gasteiger partial charge in [0.05, 0.1) is 6.61 Å². The zero-order valence-electron chi connectivity index (χ0n) is 9.95. The Balaban J connectivity index is 2.30. The average Bonchev–Trinajstić information content (AvgIpc) is 2.99. The number of hydrogen-bond donors (Lipinski definition) is 1. The van der Waals surface area contributed by atoms with Gasteiger partial charge in [-0.3, -0.25) is 0 Å². The summed E-state index contributed by atoms with van der Waals surface area (Å²) in [6.45, 7) is 6.98. The lowest BCUT2D eigenvalue weighted by Crippen LogP contribution is -2.43. The zero-order chi connectivity index (χ0) is 11.3. The number of ether oxygens (including phenoxy) is 1. The Morgan fingerprint density at radius 1 is 1.53 bits per heavy atom. The lowest BCUT2D eigenvalue weighted by Gasteiger charge is -2.26. The molecule has 1 N–H and O–H groups in total. The quantitative estimate of drug-likeness (QED) is 0.701. The Morgan fingerprint density at radius 3 is 2.67 bits per heavy atom. The van der Waals surface area contributed by atoms with E-state index in [1.807, 2.05) is 0 Å². The van der Waals surface area contributed by atoms with E-state index >= 15 is 0 Å². The maximum atomic E-state index is 5.38. The molecule has 88 valence electrons. The topological polar surface area (TPSA) is 24.5 Å². The number of rotatable bonds is 6. The fraction of sp³-hybridized carbons (Fsp3) is 0.909. The van der Waals surface area contributed by atoms with Gasteiger partial charge >= 0.3 is 0 Å². The van der Waals surface area contributed by atoms with Gasteiger partial charge in [0.15, 0.2) is 5.11 Å². The molecule has 1 saturated carbocycles. The number of hydrogen-bond acceptors (Lipinski definition) is 2. The first kappa shape index (κ1) is 12.7. The van der Waals surface area contributed by atoms with Gasteiger partial charge < -0.3 is 15.0 Å². The van der Waals surface area contributed by atoms with Gasteiger partial charge in [0.2, 0.25) is 0 Å². The van der Waals surface area contributed by atoms with Crippen LogP contribution in [0.4, 0.5) is 0 Å². The Morgan fingerprint density at radius 2 is 2.20 bits per heavy atom. The maximum absolute atomic E-state index is 5.38. The van der Waals surface area contributed by atoms with Crippen LogP contribution in [0.5, 0.6) is 0 Å². The van der Waals surface area contributed by atoms with Gasteiger partial charge in [-0.05, 0) is 31.0 Å². The molecule has 0 bridgehead atoms. The Labute approximate surface area is 98.2 Å². The second kappa shape index (κ2) is 6.28. The molecule has 15 heavy (non-hydrogen) atoms. The highest BCUT2D eigenvalue weighted by atomic mass is 32.1. The van der Waals surface area contributed by atoms with Crippen molar-refractivity contribution in [3.05, 3.63) is 0 Å². The number of thiocarbonyl (C=S) groups is 1. The van der Waals surface area contributed by atoms with Crippen LogP contribution < -0.4 is 5.32 Å². The SMILES string of the molecule is COCCN(C(=S)NCC(C)C)C1CC1. The molecule has 1 aliphatic rings. The van der Waals surface area contributed by atoms with Gasteiger partial charge in [-0.15, -0.1) is 0 Å². The number of methoxy groups -OCH3 is 1. The first-order valence-corrected chi connectivity index (χ1v) is 6.09. The predicted molar refractivity (Wildman–Crippen MR) is 67.0 cm³/mol. The van der Waals surface area contributed by atoms with Gasteiger partial charge in [0.25, 0.3) is 0 Å². The van der Waals surface area contributed by atoms with Crippen LogP contribution in [0.1, 0.15) is 26.7 Å². The summed E-state index contributed by atoms with van der Waals surface area (Å²) in [6, 6.07) is 0.660. The molecule has 0 spiro atoms. The van der Waals surface area contributed by atoms with Gasteiger partial charge in [0.1, 0.15) is 0 Å². The van der Waals surface area contributed by atoms with Crippen molar-refractivity contribution in [2.24, 2.45) is 5.92 Å². The molecule has 0 saturated heterocycles. The lowest BCUT2D eigenvalue weighted by atomic mass is 10.2. The molecule has 3 nitrogen and oxygen atoms in total. The molecular weight excluding hydrogens is 208 g/mol. The molecule has 0 atom stereocenters. The van der Waals surface area contributed by atoms with E-state index in [-0.39, 0.29) is 0 Å². The monoisotopic (exact) mass is 230 g/mol. The molecule has 1 aliphatic carbocycles. The minimum Gasteiger partial charge on any atom is -0.383 e. The number of nitrogens with zero attached hydrogens (tertiary/aromatic N) is 1. The fourth-order valence-corrected chi connectivity index (χ4v) is 1.74. The first-order chi connectivity index (χ1) is 7.15. The zero-order valence-corrected chi connectivity index (χ0v) is 10.8. The third-order valence-corrected chi connectivity index (χ3v) is 2.83. The van der Waals surface area contributed by atoms with Gasteiger partial charge in [-0.25, -0.2) is 0 Å². The van der Waals surface area contributed by atoms with Crippen molar-refractivity contribution in [3.8, 4) is 0 Å². The summed E-state index contributed by atoms with van der Waals surface area (Å²) < 4.78 is 5.10. The van der Waals surface area contributed by atoms with Crippen LogP contribution in [0.15, 0.2) is 0 Å². The highest BCUT2D eigenvalue weighted by molar-refractivity contribution is 7.80. The summed E-state index contributed by atoms with van der Waals surface area (Å²) >= 11 is 5.38. The third-order valence-electron chi connectivity index (χ3n) is 2.45. The van der Waals surface area contributed by atoms with E-state index in [4.69, 9.17) is 17.0 Å². The third kappa shape index (κ3) is 4.80. The maximum Gasteiger partial charge on any atom is 0.169 e. The van der Waals surface area contributed by atoms with Crippen molar-refractivity contribution < 1.29 is 4.74 Å². The van der Waals surface area contributed by atoms with Crippen LogP contribution in [0, 0.1) is 5.92 Å². The molecule has 4 heteroatoms. The van der Waals surface area contributed by atoms with E-state index < -0.39 is 0 Å².